The summed E-state index contributed by atoms with van der Waals surface area (Å²) < 4.78 is 52.8. The third-order valence-electron chi connectivity index (χ3n) is 3.53. The van der Waals surface area contributed by atoms with Crippen LogP contribution in [-0.4, -0.2) is 36.2 Å². The zero-order chi connectivity index (χ0) is 17.0. The zero-order valence-electron chi connectivity index (χ0n) is 12.0. The van der Waals surface area contributed by atoms with E-state index >= 15 is 0 Å². The van der Waals surface area contributed by atoms with Crippen molar-refractivity contribution in [2.75, 3.05) is 18.0 Å². The molecule has 1 saturated heterocycles. The maximum Gasteiger partial charge on any atom is 0.491 e. The van der Waals surface area contributed by atoms with Gasteiger partial charge in [0.2, 0.25) is 5.95 Å². The summed E-state index contributed by atoms with van der Waals surface area (Å²) in [6.07, 6.45) is -4.42. The first-order valence-corrected chi connectivity index (χ1v) is 6.95. The van der Waals surface area contributed by atoms with Crippen LogP contribution in [0, 0.1) is 11.9 Å². The minimum Gasteiger partial charge on any atom is -0.386 e. The van der Waals surface area contributed by atoms with Crippen LogP contribution < -0.4 is 4.90 Å². The SMILES string of the molecule is O=C(CC1CCN(c2cccc(F)n2)CC1)OC(=O)C(F)(F)F. The number of halogens is 4. The minimum absolute atomic E-state index is 0.187. The van der Waals surface area contributed by atoms with Crippen molar-refractivity contribution in [2.24, 2.45) is 5.92 Å². The molecular weight excluding hydrogens is 320 g/mol. The van der Waals surface area contributed by atoms with Gasteiger partial charge in [-0.2, -0.15) is 17.6 Å². The Labute approximate surface area is 129 Å². The van der Waals surface area contributed by atoms with Crippen molar-refractivity contribution < 1.29 is 31.9 Å². The molecule has 0 aliphatic carbocycles. The molecule has 0 saturated carbocycles. The number of nitrogens with zero attached hydrogens (tertiary/aromatic N) is 2. The second kappa shape index (κ2) is 6.93. The lowest BCUT2D eigenvalue weighted by atomic mass is 9.93. The lowest BCUT2D eigenvalue weighted by Gasteiger charge is -2.32. The Kier molecular flexibility index (Phi) is 5.17. The van der Waals surface area contributed by atoms with E-state index in [2.05, 4.69) is 9.72 Å². The molecule has 1 aromatic rings. The molecule has 126 valence electrons. The van der Waals surface area contributed by atoms with Crippen LogP contribution in [-0.2, 0) is 14.3 Å². The van der Waals surface area contributed by atoms with E-state index in [0.29, 0.717) is 31.7 Å². The van der Waals surface area contributed by atoms with E-state index in [-0.39, 0.29) is 12.3 Å². The van der Waals surface area contributed by atoms with Gasteiger partial charge in [-0.05, 0) is 30.9 Å². The average Bonchev–Trinajstić information content (AvgIpc) is 2.47. The van der Waals surface area contributed by atoms with Crippen LogP contribution in [0.3, 0.4) is 0 Å². The van der Waals surface area contributed by atoms with Crippen molar-refractivity contribution in [3.8, 4) is 0 Å². The number of carbonyl (C=O) groups excluding carboxylic acids is 2. The number of rotatable bonds is 3. The van der Waals surface area contributed by atoms with Gasteiger partial charge in [0, 0.05) is 19.5 Å². The smallest absolute Gasteiger partial charge is 0.386 e. The van der Waals surface area contributed by atoms with Crippen LogP contribution in [0.5, 0.6) is 0 Å². The fourth-order valence-corrected chi connectivity index (χ4v) is 2.38. The molecule has 9 heteroatoms. The van der Waals surface area contributed by atoms with Gasteiger partial charge in [0.05, 0.1) is 0 Å². The highest BCUT2D eigenvalue weighted by Gasteiger charge is 2.42. The quantitative estimate of drug-likeness (QED) is 0.368. The number of alkyl halides is 3. The molecule has 0 atom stereocenters. The number of aromatic nitrogens is 1. The summed E-state index contributed by atoms with van der Waals surface area (Å²) in [7, 11) is 0. The Balaban J connectivity index is 1.81. The summed E-state index contributed by atoms with van der Waals surface area (Å²) in [6.45, 7) is 0.975. The van der Waals surface area contributed by atoms with Crippen LogP contribution >= 0.6 is 0 Å². The Morgan fingerprint density at radius 2 is 1.91 bits per heavy atom. The molecule has 0 spiro atoms. The predicted molar refractivity (Wildman–Crippen MR) is 70.9 cm³/mol. The molecule has 23 heavy (non-hydrogen) atoms. The number of esters is 2. The maximum absolute atomic E-state index is 13.1. The highest BCUT2D eigenvalue weighted by molar-refractivity contribution is 5.88. The molecule has 0 N–H and O–H groups in total. The van der Waals surface area contributed by atoms with Crippen molar-refractivity contribution in [1.29, 1.82) is 0 Å². The molecule has 0 radical (unpaired) electrons. The normalized spacial score (nSPS) is 16.3. The van der Waals surface area contributed by atoms with Crippen LogP contribution in [0.25, 0.3) is 0 Å². The van der Waals surface area contributed by atoms with Crippen molar-refractivity contribution in [1.82, 2.24) is 4.98 Å². The van der Waals surface area contributed by atoms with Crippen molar-refractivity contribution in [2.45, 2.75) is 25.4 Å². The van der Waals surface area contributed by atoms with Gasteiger partial charge in [-0.25, -0.2) is 9.78 Å². The highest BCUT2D eigenvalue weighted by atomic mass is 19.4. The first kappa shape index (κ1) is 17.2. The summed E-state index contributed by atoms with van der Waals surface area (Å²) >= 11 is 0. The lowest BCUT2D eigenvalue weighted by molar-refractivity contribution is -0.202. The molecular formula is C14H14F4N2O3. The fraction of sp³-hybridized carbons (Fsp3) is 0.500. The third kappa shape index (κ3) is 4.90. The predicted octanol–water partition coefficient (Wildman–Crippen LogP) is 2.46. The summed E-state index contributed by atoms with van der Waals surface area (Å²) in [5.41, 5.74) is 0. The van der Waals surface area contributed by atoms with E-state index in [1.54, 1.807) is 6.07 Å². The second-order valence-electron chi connectivity index (χ2n) is 5.21. The van der Waals surface area contributed by atoms with Gasteiger partial charge in [0.15, 0.2) is 0 Å². The Hall–Kier alpha value is -2.19. The topological polar surface area (TPSA) is 59.5 Å². The van der Waals surface area contributed by atoms with E-state index in [1.807, 2.05) is 4.90 Å². The number of piperidine rings is 1. The largest absolute Gasteiger partial charge is 0.491 e. The van der Waals surface area contributed by atoms with Crippen molar-refractivity contribution >= 4 is 17.8 Å². The molecule has 2 heterocycles. The minimum atomic E-state index is -5.18. The van der Waals surface area contributed by atoms with E-state index in [4.69, 9.17) is 0 Å². The number of ether oxygens (including phenoxy) is 1. The van der Waals surface area contributed by atoms with E-state index < -0.39 is 24.1 Å². The number of carbonyl (C=O) groups is 2. The Bertz CT molecular complexity index is 584. The number of pyridine rings is 1. The highest BCUT2D eigenvalue weighted by Crippen LogP contribution is 2.25. The Morgan fingerprint density at radius 1 is 1.26 bits per heavy atom. The number of anilines is 1. The lowest BCUT2D eigenvalue weighted by Crippen LogP contribution is -2.35. The van der Waals surface area contributed by atoms with Gasteiger partial charge in [0.1, 0.15) is 5.82 Å². The van der Waals surface area contributed by atoms with Crippen molar-refractivity contribution in [3.05, 3.63) is 24.1 Å². The van der Waals surface area contributed by atoms with Gasteiger partial charge >= 0.3 is 18.1 Å². The summed E-state index contributed by atoms with van der Waals surface area (Å²) in [5, 5.41) is 0. The fourth-order valence-electron chi connectivity index (χ4n) is 2.38. The first-order chi connectivity index (χ1) is 10.8. The number of hydrogen-bond acceptors (Lipinski definition) is 5. The maximum atomic E-state index is 13.1. The average molecular weight is 334 g/mol. The van der Waals surface area contributed by atoms with Gasteiger partial charge in [-0.15, -0.1) is 0 Å². The van der Waals surface area contributed by atoms with E-state index in [0.717, 1.165) is 0 Å². The molecule has 1 aliphatic rings. The summed E-state index contributed by atoms with van der Waals surface area (Å²) in [6, 6.07) is 4.41. The molecule has 0 unspecified atom stereocenters. The molecule has 5 nitrogen and oxygen atoms in total. The van der Waals surface area contributed by atoms with Gasteiger partial charge in [-0.3, -0.25) is 4.79 Å². The van der Waals surface area contributed by atoms with Crippen LogP contribution in [0.2, 0.25) is 0 Å². The van der Waals surface area contributed by atoms with Crippen LogP contribution in [0.4, 0.5) is 23.4 Å². The monoisotopic (exact) mass is 334 g/mol. The molecule has 0 bridgehead atoms. The first-order valence-electron chi connectivity index (χ1n) is 6.95. The summed E-state index contributed by atoms with van der Waals surface area (Å²) in [4.78, 5) is 27.5. The van der Waals surface area contributed by atoms with Crippen LogP contribution in [0.1, 0.15) is 19.3 Å². The van der Waals surface area contributed by atoms with E-state index in [1.165, 1.54) is 12.1 Å². The van der Waals surface area contributed by atoms with E-state index in [9.17, 15) is 27.2 Å². The third-order valence-corrected chi connectivity index (χ3v) is 3.53. The zero-order valence-corrected chi connectivity index (χ0v) is 12.0. The second-order valence-corrected chi connectivity index (χ2v) is 5.21. The molecule has 0 amide bonds. The molecule has 1 fully saturated rings. The molecule has 1 aromatic heterocycles. The molecule has 0 aromatic carbocycles. The van der Waals surface area contributed by atoms with Crippen LogP contribution in [0.15, 0.2) is 18.2 Å². The van der Waals surface area contributed by atoms with Gasteiger partial charge in [0.25, 0.3) is 0 Å². The van der Waals surface area contributed by atoms with Crippen molar-refractivity contribution in [3.63, 3.8) is 0 Å². The van der Waals surface area contributed by atoms with Gasteiger partial charge < -0.3 is 9.64 Å². The molecule has 1 aliphatic heterocycles. The van der Waals surface area contributed by atoms with Gasteiger partial charge in [-0.1, -0.05) is 6.07 Å². The standard InChI is InChI=1S/C14H14F4N2O3/c15-10-2-1-3-11(19-10)20-6-4-9(5-7-20)8-12(21)23-13(22)14(16,17)18/h1-3,9H,4-8H2. The Morgan fingerprint density at radius 3 is 2.48 bits per heavy atom. The summed E-state index contributed by atoms with van der Waals surface area (Å²) in [5.74, 6) is -4.00. The number of hydrogen-bond donors (Lipinski definition) is 0. The molecule has 2 rings (SSSR count).